The highest BCUT2D eigenvalue weighted by Crippen LogP contribution is 2.51. The summed E-state index contributed by atoms with van der Waals surface area (Å²) >= 11 is 0. The molecule has 0 aromatic carbocycles. The van der Waals surface area contributed by atoms with E-state index >= 15 is 0 Å². The molecule has 0 saturated carbocycles. The highest BCUT2D eigenvalue weighted by Gasteiger charge is 2.36. The van der Waals surface area contributed by atoms with Crippen LogP contribution in [-0.4, -0.2) is 19.4 Å². The maximum atomic E-state index is 11.6. The summed E-state index contributed by atoms with van der Waals surface area (Å²) in [7, 11) is -4.02. The Kier molecular flexibility index (Phi) is 3.00. The summed E-state index contributed by atoms with van der Waals surface area (Å²) in [6, 6.07) is 0. The van der Waals surface area contributed by atoms with Crippen LogP contribution in [-0.2, 0) is 18.1 Å². The minimum atomic E-state index is -4.55. The number of alkyl halides is 3. The van der Waals surface area contributed by atoms with Gasteiger partial charge in [0.2, 0.25) is 0 Å². The minimum Gasteiger partial charge on any atom is -0.412 e. The summed E-state index contributed by atoms with van der Waals surface area (Å²) in [6.45, 7) is -1.74. The Bertz CT molecular complexity index is 249. The van der Waals surface area contributed by atoms with E-state index in [-0.39, 0.29) is 6.61 Å². The molecule has 0 bridgehead atoms. The lowest BCUT2D eigenvalue weighted by atomic mass is 10.7. The second kappa shape index (κ2) is 3.69. The molecule has 0 N–H and O–H groups in total. The Labute approximate surface area is 71.9 Å². The van der Waals surface area contributed by atoms with Gasteiger partial charge in [-0.15, -0.1) is 0 Å². The predicted octanol–water partition coefficient (Wildman–Crippen LogP) is 2.23. The van der Waals surface area contributed by atoms with Crippen molar-refractivity contribution in [3.8, 4) is 0 Å². The van der Waals surface area contributed by atoms with Crippen molar-refractivity contribution >= 4 is 7.82 Å². The minimum absolute atomic E-state index is 0.0882. The molecule has 1 unspecified atom stereocenters. The Morgan fingerprint density at radius 2 is 2.23 bits per heavy atom. The van der Waals surface area contributed by atoms with Crippen LogP contribution < -0.4 is 0 Å². The van der Waals surface area contributed by atoms with Crippen LogP contribution in [0.3, 0.4) is 0 Å². The van der Waals surface area contributed by atoms with Gasteiger partial charge in [-0.3, -0.25) is 9.05 Å². The second-order valence-electron chi connectivity index (χ2n) is 2.11. The van der Waals surface area contributed by atoms with E-state index in [1.807, 2.05) is 0 Å². The van der Waals surface area contributed by atoms with Gasteiger partial charge in [-0.25, -0.2) is 4.57 Å². The number of halogens is 3. The Balaban J connectivity index is 2.44. The van der Waals surface area contributed by atoms with E-state index < -0.39 is 20.6 Å². The Hall–Kier alpha value is -0.520. The van der Waals surface area contributed by atoms with Crippen LogP contribution in [0, 0.1) is 0 Å². The molecule has 1 aliphatic rings. The molecule has 0 aromatic heterocycles. The Morgan fingerprint density at radius 1 is 1.54 bits per heavy atom. The zero-order valence-corrected chi connectivity index (χ0v) is 7.18. The fraction of sp³-hybridized carbons (Fsp3) is 0.600. The van der Waals surface area contributed by atoms with Gasteiger partial charge >= 0.3 is 14.0 Å². The fourth-order valence-electron chi connectivity index (χ4n) is 0.542. The van der Waals surface area contributed by atoms with Crippen molar-refractivity contribution in [2.45, 2.75) is 6.18 Å². The lowest BCUT2D eigenvalue weighted by molar-refractivity contribution is -0.157. The monoisotopic (exact) mass is 218 g/mol. The van der Waals surface area contributed by atoms with Crippen molar-refractivity contribution in [2.24, 2.45) is 0 Å². The standard InChI is InChI=1S/C5H6F3O4P/c6-5(7,8)4-12-13(9)10-2-1-3-11-13/h1-2H,3-4H2. The molecule has 0 fully saturated rings. The van der Waals surface area contributed by atoms with Crippen molar-refractivity contribution in [1.82, 2.24) is 0 Å². The van der Waals surface area contributed by atoms with Crippen molar-refractivity contribution in [3.05, 3.63) is 12.3 Å². The second-order valence-corrected chi connectivity index (χ2v) is 3.73. The van der Waals surface area contributed by atoms with Crippen LogP contribution in [0.4, 0.5) is 13.2 Å². The maximum Gasteiger partial charge on any atom is 0.530 e. The molecule has 13 heavy (non-hydrogen) atoms. The number of hydrogen-bond acceptors (Lipinski definition) is 4. The first kappa shape index (κ1) is 10.6. The third-order valence-corrected chi connectivity index (χ3v) is 2.29. The van der Waals surface area contributed by atoms with Gasteiger partial charge in [0.25, 0.3) is 0 Å². The van der Waals surface area contributed by atoms with Gasteiger partial charge in [0.1, 0.15) is 0 Å². The summed E-state index contributed by atoms with van der Waals surface area (Å²) < 4.78 is 58.5. The molecule has 0 spiro atoms. The van der Waals surface area contributed by atoms with E-state index in [9.17, 15) is 17.7 Å². The average Bonchev–Trinajstić information content (AvgIpc) is 2.02. The lowest BCUT2D eigenvalue weighted by Gasteiger charge is -2.18. The highest BCUT2D eigenvalue weighted by atomic mass is 31.2. The summed E-state index contributed by atoms with van der Waals surface area (Å²) in [5.74, 6) is 0. The summed E-state index contributed by atoms with van der Waals surface area (Å²) in [6.07, 6.45) is -2.21. The molecule has 0 aromatic rings. The van der Waals surface area contributed by atoms with E-state index in [4.69, 9.17) is 0 Å². The molecule has 4 nitrogen and oxygen atoms in total. The molecule has 0 aliphatic carbocycles. The molecular weight excluding hydrogens is 212 g/mol. The van der Waals surface area contributed by atoms with Gasteiger partial charge in [0.05, 0.1) is 12.9 Å². The van der Waals surface area contributed by atoms with Gasteiger partial charge in [-0.05, 0) is 6.08 Å². The SMILES string of the molecule is O=P1(OCC(F)(F)F)OC=CCO1. The largest absolute Gasteiger partial charge is 0.530 e. The lowest BCUT2D eigenvalue weighted by Crippen LogP contribution is -2.17. The molecule has 76 valence electrons. The highest BCUT2D eigenvalue weighted by molar-refractivity contribution is 7.48. The van der Waals surface area contributed by atoms with Crippen molar-refractivity contribution in [3.63, 3.8) is 0 Å². The molecule has 0 amide bonds. The van der Waals surface area contributed by atoms with Gasteiger partial charge < -0.3 is 4.52 Å². The summed E-state index contributed by atoms with van der Waals surface area (Å²) in [5.41, 5.74) is 0. The van der Waals surface area contributed by atoms with E-state index in [1.165, 1.54) is 6.08 Å². The molecular formula is C5H6F3O4P. The first-order chi connectivity index (χ1) is 5.91. The smallest absolute Gasteiger partial charge is 0.412 e. The first-order valence-corrected chi connectivity index (χ1v) is 4.67. The predicted molar refractivity (Wildman–Crippen MR) is 35.8 cm³/mol. The van der Waals surface area contributed by atoms with E-state index in [1.54, 1.807) is 0 Å². The number of rotatable bonds is 2. The van der Waals surface area contributed by atoms with Crippen LogP contribution in [0.5, 0.6) is 0 Å². The van der Waals surface area contributed by atoms with Crippen LogP contribution >= 0.6 is 7.82 Å². The normalized spacial score (nSPS) is 28.5. The van der Waals surface area contributed by atoms with Crippen LogP contribution in [0.1, 0.15) is 0 Å². The topological polar surface area (TPSA) is 44.8 Å². The Morgan fingerprint density at radius 3 is 2.69 bits per heavy atom. The van der Waals surface area contributed by atoms with Crippen molar-refractivity contribution in [2.75, 3.05) is 13.2 Å². The molecule has 1 aliphatic heterocycles. The third kappa shape index (κ3) is 3.80. The maximum absolute atomic E-state index is 11.6. The summed E-state index contributed by atoms with van der Waals surface area (Å²) in [4.78, 5) is 0. The van der Waals surface area contributed by atoms with E-state index in [2.05, 4.69) is 13.6 Å². The molecule has 1 rings (SSSR count). The van der Waals surface area contributed by atoms with Crippen molar-refractivity contribution in [1.29, 1.82) is 0 Å². The van der Waals surface area contributed by atoms with Gasteiger partial charge in [0, 0.05) is 0 Å². The number of phosphoric acid groups is 1. The molecule has 8 heteroatoms. The van der Waals surface area contributed by atoms with Gasteiger partial charge in [-0.2, -0.15) is 13.2 Å². The van der Waals surface area contributed by atoms with Crippen LogP contribution in [0.15, 0.2) is 12.3 Å². The molecule has 0 radical (unpaired) electrons. The quantitative estimate of drug-likeness (QED) is 0.666. The van der Waals surface area contributed by atoms with Crippen molar-refractivity contribution < 1.29 is 31.3 Å². The fourth-order valence-corrected chi connectivity index (χ4v) is 1.55. The molecule has 0 saturated heterocycles. The molecule has 1 atom stereocenters. The zero-order chi connectivity index (χ0) is 9.95. The van der Waals surface area contributed by atoms with Crippen LogP contribution in [0.2, 0.25) is 0 Å². The van der Waals surface area contributed by atoms with E-state index in [0.29, 0.717) is 0 Å². The third-order valence-electron chi connectivity index (χ3n) is 1.00. The molecule has 1 heterocycles. The van der Waals surface area contributed by atoms with E-state index in [0.717, 1.165) is 6.26 Å². The first-order valence-electron chi connectivity index (χ1n) is 3.21. The number of phosphoric ester groups is 1. The zero-order valence-electron chi connectivity index (χ0n) is 6.28. The van der Waals surface area contributed by atoms with Crippen LogP contribution in [0.25, 0.3) is 0 Å². The van der Waals surface area contributed by atoms with Gasteiger partial charge in [0.15, 0.2) is 6.61 Å². The average molecular weight is 218 g/mol. The number of hydrogen-bond donors (Lipinski definition) is 0. The van der Waals surface area contributed by atoms with Gasteiger partial charge in [-0.1, -0.05) is 0 Å². The summed E-state index contributed by atoms with van der Waals surface area (Å²) in [5, 5.41) is 0.